The van der Waals surface area contributed by atoms with Crippen LogP contribution < -0.4 is 15.5 Å². The standard InChI is InChI=1S/C19H28N4O/c1-20-19(23-14-12-15-7-5-6-10-17(15)23)21-13-11-18(24)22-16-8-3-2-4-9-16/h5-7,10,16H,2-4,8-9,11-14H2,1H3,(H,20,21)(H,22,24). The second-order valence-electron chi connectivity index (χ2n) is 6.66. The van der Waals surface area contributed by atoms with Gasteiger partial charge in [0.2, 0.25) is 5.91 Å². The number of hydrogen-bond donors (Lipinski definition) is 2. The van der Waals surface area contributed by atoms with Crippen molar-refractivity contribution in [2.45, 2.75) is 51.0 Å². The molecule has 1 aromatic rings. The monoisotopic (exact) mass is 328 g/mol. The summed E-state index contributed by atoms with van der Waals surface area (Å²) in [7, 11) is 1.80. The van der Waals surface area contributed by atoms with Crippen LogP contribution >= 0.6 is 0 Å². The predicted octanol–water partition coefficient (Wildman–Crippen LogP) is 2.46. The van der Waals surface area contributed by atoms with Gasteiger partial charge < -0.3 is 15.5 Å². The maximum Gasteiger partial charge on any atom is 0.221 e. The molecule has 0 aromatic heterocycles. The van der Waals surface area contributed by atoms with Gasteiger partial charge in [-0.15, -0.1) is 0 Å². The predicted molar refractivity (Wildman–Crippen MR) is 98.5 cm³/mol. The quantitative estimate of drug-likeness (QED) is 0.659. The van der Waals surface area contributed by atoms with E-state index in [0.29, 0.717) is 19.0 Å². The number of aliphatic imine (C=N–C) groups is 1. The zero-order valence-electron chi connectivity index (χ0n) is 14.6. The van der Waals surface area contributed by atoms with Crippen molar-refractivity contribution >= 4 is 17.6 Å². The van der Waals surface area contributed by atoms with Crippen molar-refractivity contribution in [2.24, 2.45) is 4.99 Å². The van der Waals surface area contributed by atoms with Crippen LogP contribution in [0, 0.1) is 0 Å². The van der Waals surface area contributed by atoms with E-state index in [2.05, 4.69) is 44.8 Å². The fraction of sp³-hybridized carbons (Fsp3) is 0.579. The SMILES string of the molecule is CN=C(NCCC(=O)NC1CCCCC1)N1CCc2ccccc21. The normalized spacial score (nSPS) is 18.4. The van der Waals surface area contributed by atoms with Crippen molar-refractivity contribution in [1.29, 1.82) is 0 Å². The van der Waals surface area contributed by atoms with Crippen molar-refractivity contribution in [2.75, 3.05) is 25.0 Å². The first-order valence-electron chi connectivity index (χ1n) is 9.13. The van der Waals surface area contributed by atoms with Crippen LogP contribution in [0.15, 0.2) is 29.3 Å². The minimum atomic E-state index is 0.145. The molecule has 0 atom stereocenters. The Morgan fingerprint density at radius 3 is 2.83 bits per heavy atom. The number of para-hydroxylation sites is 1. The van der Waals surface area contributed by atoms with Gasteiger partial charge in [-0.3, -0.25) is 9.79 Å². The first-order chi connectivity index (χ1) is 11.8. The molecule has 3 rings (SSSR count). The Labute approximate surface area is 144 Å². The first-order valence-corrected chi connectivity index (χ1v) is 9.13. The molecule has 2 N–H and O–H groups in total. The van der Waals surface area contributed by atoms with Crippen LogP contribution in [0.5, 0.6) is 0 Å². The van der Waals surface area contributed by atoms with E-state index in [0.717, 1.165) is 31.8 Å². The third-order valence-corrected chi connectivity index (χ3v) is 4.96. The number of hydrogen-bond acceptors (Lipinski definition) is 2. The minimum absolute atomic E-state index is 0.145. The molecule has 5 nitrogen and oxygen atoms in total. The van der Waals surface area contributed by atoms with E-state index in [1.165, 1.54) is 30.5 Å². The summed E-state index contributed by atoms with van der Waals surface area (Å²) in [5.41, 5.74) is 2.58. The van der Waals surface area contributed by atoms with Crippen molar-refractivity contribution in [3.05, 3.63) is 29.8 Å². The van der Waals surface area contributed by atoms with Crippen molar-refractivity contribution < 1.29 is 4.79 Å². The summed E-state index contributed by atoms with van der Waals surface area (Å²) in [5, 5.41) is 6.50. The number of nitrogens with zero attached hydrogens (tertiary/aromatic N) is 2. The summed E-state index contributed by atoms with van der Waals surface area (Å²) in [5.74, 6) is 0.997. The number of carbonyl (C=O) groups is 1. The molecule has 1 saturated carbocycles. The molecule has 0 radical (unpaired) electrons. The fourth-order valence-corrected chi connectivity index (χ4v) is 3.69. The zero-order valence-corrected chi connectivity index (χ0v) is 14.6. The maximum atomic E-state index is 12.1. The van der Waals surface area contributed by atoms with E-state index in [4.69, 9.17) is 0 Å². The van der Waals surface area contributed by atoms with Gasteiger partial charge >= 0.3 is 0 Å². The smallest absolute Gasteiger partial charge is 0.221 e. The van der Waals surface area contributed by atoms with Gasteiger partial charge in [-0.05, 0) is 30.9 Å². The second-order valence-corrected chi connectivity index (χ2v) is 6.66. The Hall–Kier alpha value is -2.04. The number of fused-ring (bicyclic) bond motifs is 1. The van der Waals surface area contributed by atoms with E-state index >= 15 is 0 Å². The molecule has 1 aliphatic heterocycles. The lowest BCUT2D eigenvalue weighted by Crippen LogP contribution is -2.43. The van der Waals surface area contributed by atoms with Crippen LogP contribution in [-0.2, 0) is 11.2 Å². The van der Waals surface area contributed by atoms with Gasteiger partial charge in [0.05, 0.1) is 0 Å². The Bertz CT molecular complexity index is 593. The Morgan fingerprint density at radius 2 is 2.04 bits per heavy atom. The molecule has 0 spiro atoms. The summed E-state index contributed by atoms with van der Waals surface area (Å²) < 4.78 is 0. The lowest BCUT2D eigenvalue weighted by Gasteiger charge is -2.24. The van der Waals surface area contributed by atoms with Crippen molar-refractivity contribution in [3.63, 3.8) is 0 Å². The third-order valence-electron chi connectivity index (χ3n) is 4.96. The third kappa shape index (κ3) is 4.08. The lowest BCUT2D eigenvalue weighted by atomic mass is 9.95. The van der Waals surface area contributed by atoms with Gasteiger partial charge in [0.25, 0.3) is 0 Å². The average molecular weight is 328 g/mol. The number of guanidine groups is 1. The Kier molecular flexibility index (Phi) is 5.72. The van der Waals surface area contributed by atoms with E-state index in [1.54, 1.807) is 7.05 Å². The summed E-state index contributed by atoms with van der Waals surface area (Å²) >= 11 is 0. The molecule has 0 unspecified atom stereocenters. The number of rotatable bonds is 4. The minimum Gasteiger partial charge on any atom is -0.355 e. The molecular formula is C19H28N4O. The molecule has 130 valence electrons. The van der Waals surface area contributed by atoms with Crippen LogP contribution in [0.3, 0.4) is 0 Å². The number of benzene rings is 1. The molecule has 0 saturated heterocycles. The largest absolute Gasteiger partial charge is 0.355 e. The van der Waals surface area contributed by atoms with Gasteiger partial charge in [0.15, 0.2) is 5.96 Å². The molecule has 24 heavy (non-hydrogen) atoms. The highest BCUT2D eigenvalue weighted by molar-refractivity contribution is 5.98. The van der Waals surface area contributed by atoms with Gasteiger partial charge in [0.1, 0.15) is 0 Å². The Morgan fingerprint density at radius 1 is 1.25 bits per heavy atom. The van der Waals surface area contributed by atoms with Crippen LogP contribution in [0.1, 0.15) is 44.1 Å². The number of anilines is 1. The highest BCUT2D eigenvalue weighted by Crippen LogP contribution is 2.27. The van der Waals surface area contributed by atoms with Gasteiger partial charge in [-0.25, -0.2) is 0 Å². The summed E-state index contributed by atoms with van der Waals surface area (Å²) in [6.07, 6.45) is 7.58. The van der Waals surface area contributed by atoms with Crippen LogP contribution in [0.2, 0.25) is 0 Å². The fourth-order valence-electron chi connectivity index (χ4n) is 3.69. The first kappa shape index (κ1) is 16.8. The van der Waals surface area contributed by atoms with Crippen LogP contribution in [0.4, 0.5) is 5.69 Å². The lowest BCUT2D eigenvalue weighted by molar-refractivity contribution is -0.121. The van der Waals surface area contributed by atoms with E-state index < -0.39 is 0 Å². The topological polar surface area (TPSA) is 56.7 Å². The average Bonchev–Trinajstić information content (AvgIpc) is 3.04. The maximum absolute atomic E-state index is 12.1. The Balaban J connectivity index is 1.46. The van der Waals surface area contributed by atoms with E-state index in [-0.39, 0.29) is 5.91 Å². The second kappa shape index (κ2) is 8.18. The molecule has 1 heterocycles. The summed E-state index contributed by atoms with van der Waals surface area (Å²) in [6, 6.07) is 8.82. The summed E-state index contributed by atoms with van der Waals surface area (Å²) in [6.45, 7) is 1.55. The zero-order chi connectivity index (χ0) is 16.8. The number of nitrogens with one attached hydrogen (secondary N) is 2. The van der Waals surface area contributed by atoms with Crippen LogP contribution in [-0.4, -0.2) is 38.0 Å². The molecule has 5 heteroatoms. The van der Waals surface area contributed by atoms with Crippen LogP contribution in [0.25, 0.3) is 0 Å². The number of carbonyl (C=O) groups excluding carboxylic acids is 1. The van der Waals surface area contributed by atoms with Crippen molar-refractivity contribution in [3.8, 4) is 0 Å². The van der Waals surface area contributed by atoms with Gasteiger partial charge in [0, 0.05) is 38.3 Å². The van der Waals surface area contributed by atoms with E-state index in [1.807, 2.05) is 0 Å². The molecule has 2 aliphatic rings. The summed E-state index contributed by atoms with van der Waals surface area (Å²) in [4.78, 5) is 18.7. The molecule has 1 aliphatic carbocycles. The number of amides is 1. The van der Waals surface area contributed by atoms with Crippen molar-refractivity contribution in [1.82, 2.24) is 10.6 Å². The molecule has 0 bridgehead atoms. The highest BCUT2D eigenvalue weighted by atomic mass is 16.1. The molecular weight excluding hydrogens is 300 g/mol. The highest BCUT2D eigenvalue weighted by Gasteiger charge is 2.22. The van der Waals surface area contributed by atoms with Gasteiger partial charge in [-0.2, -0.15) is 0 Å². The molecule has 1 aromatic carbocycles. The molecule has 1 fully saturated rings. The van der Waals surface area contributed by atoms with E-state index in [9.17, 15) is 4.79 Å². The van der Waals surface area contributed by atoms with Gasteiger partial charge in [-0.1, -0.05) is 37.5 Å². The molecule has 1 amide bonds.